The molecule has 0 aliphatic carbocycles. The molecule has 0 aliphatic rings. The number of aliphatic imine (C=N–C) groups is 1. The Kier molecular flexibility index (Phi) is 6.44. The predicted octanol–water partition coefficient (Wildman–Crippen LogP) is 4.10. The van der Waals surface area contributed by atoms with E-state index in [9.17, 15) is 5.11 Å². The highest BCUT2D eigenvalue weighted by Crippen LogP contribution is 2.35. The van der Waals surface area contributed by atoms with Crippen LogP contribution in [0.1, 0.15) is 25.8 Å². The van der Waals surface area contributed by atoms with Gasteiger partial charge in [-0.15, -0.1) is 0 Å². The lowest BCUT2D eigenvalue weighted by Crippen LogP contribution is -2.33. The van der Waals surface area contributed by atoms with Gasteiger partial charge in [-0.3, -0.25) is 4.99 Å². The smallest absolute Gasteiger partial charge is 0.152 e. The van der Waals surface area contributed by atoms with E-state index in [1.165, 1.54) is 5.56 Å². The van der Waals surface area contributed by atoms with Gasteiger partial charge in [0, 0.05) is 48.0 Å². The average molecular weight is 380 g/mol. The minimum absolute atomic E-state index is 0.121. The average Bonchev–Trinajstić information content (AvgIpc) is 3.13. The first-order valence-electron chi connectivity index (χ1n) is 9.65. The number of nitrogens with one attached hydrogen (secondary N) is 3. The molecule has 0 radical (unpaired) electrons. The van der Waals surface area contributed by atoms with Gasteiger partial charge >= 0.3 is 0 Å². The molecule has 148 valence electrons. The molecule has 2 heterocycles. The van der Waals surface area contributed by atoms with E-state index in [1.807, 2.05) is 13.1 Å². The van der Waals surface area contributed by atoms with Crippen LogP contribution in [0, 0.1) is 5.92 Å². The predicted molar refractivity (Wildman–Crippen MR) is 117 cm³/mol. The molecule has 0 spiro atoms. The molecule has 6 nitrogen and oxygen atoms in total. The maximum Gasteiger partial charge on any atom is 0.152 e. The number of aliphatic hydroxyl groups is 1. The van der Waals surface area contributed by atoms with Crippen LogP contribution in [0.2, 0.25) is 0 Å². The normalized spacial score (nSPS) is 12.5. The molecule has 0 saturated carbocycles. The van der Waals surface area contributed by atoms with Crippen LogP contribution in [-0.2, 0) is 6.54 Å². The number of benzene rings is 1. The number of aromatic amines is 1. The number of nitrogens with zero attached hydrogens (tertiary/aromatic N) is 2. The summed E-state index contributed by atoms with van der Waals surface area (Å²) in [7, 11) is 1.82. The summed E-state index contributed by atoms with van der Waals surface area (Å²) in [6.45, 7) is 8.91. The minimum atomic E-state index is 0.121. The van der Waals surface area contributed by atoms with E-state index in [2.05, 4.69) is 70.4 Å². The summed E-state index contributed by atoms with van der Waals surface area (Å²) in [5.74, 6) is 1.26. The number of rotatable bonds is 9. The second kappa shape index (κ2) is 8.99. The molecule has 3 rings (SSSR count). The third-order valence-electron chi connectivity index (χ3n) is 4.87. The molecule has 0 fully saturated rings. The number of anilines is 1. The number of aliphatic hydroxyl groups excluding tert-OH is 1. The monoisotopic (exact) mass is 379 g/mol. The third kappa shape index (κ3) is 4.40. The molecule has 1 unspecified atom stereocenters. The van der Waals surface area contributed by atoms with Gasteiger partial charge in [-0.05, 0) is 48.9 Å². The van der Waals surface area contributed by atoms with Crippen molar-refractivity contribution in [1.29, 1.82) is 0 Å². The van der Waals surface area contributed by atoms with E-state index < -0.39 is 0 Å². The second-order valence-corrected chi connectivity index (χ2v) is 7.46. The van der Waals surface area contributed by atoms with Crippen LogP contribution in [0.15, 0.2) is 41.5 Å². The van der Waals surface area contributed by atoms with Gasteiger partial charge in [0.1, 0.15) is 5.69 Å². The fraction of sp³-hybridized carbons (Fsp3) is 0.364. The van der Waals surface area contributed by atoms with Gasteiger partial charge in [-0.25, -0.2) is 4.98 Å². The van der Waals surface area contributed by atoms with E-state index in [4.69, 9.17) is 0 Å². The van der Waals surface area contributed by atoms with Crippen LogP contribution in [-0.4, -0.2) is 41.5 Å². The maximum absolute atomic E-state index is 9.55. The number of aromatic nitrogens is 2. The second-order valence-electron chi connectivity index (χ2n) is 7.46. The Morgan fingerprint density at radius 2 is 2.07 bits per heavy atom. The van der Waals surface area contributed by atoms with Crippen LogP contribution in [0.25, 0.3) is 22.2 Å². The number of fused-ring (bicyclic) bond motifs is 1. The summed E-state index contributed by atoms with van der Waals surface area (Å²) in [6.07, 6.45) is 2.72. The lowest BCUT2D eigenvalue weighted by molar-refractivity contribution is 0.223. The van der Waals surface area contributed by atoms with Crippen molar-refractivity contribution in [3.05, 3.63) is 42.1 Å². The van der Waals surface area contributed by atoms with Crippen molar-refractivity contribution in [2.75, 3.05) is 19.0 Å². The lowest BCUT2D eigenvalue weighted by Gasteiger charge is -2.18. The number of hydrogen-bond acceptors (Lipinski definition) is 5. The minimum Gasteiger partial charge on any atom is -0.395 e. The number of pyridine rings is 1. The molecule has 28 heavy (non-hydrogen) atoms. The first-order chi connectivity index (χ1) is 13.5. The quantitative estimate of drug-likeness (QED) is 0.422. The lowest BCUT2D eigenvalue weighted by atomic mass is 10.0. The molecule has 1 atom stereocenters. The summed E-state index contributed by atoms with van der Waals surface area (Å²) < 4.78 is 0. The van der Waals surface area contributed by atoms with Gasteiger partial charge in [-0.2, -0.15) is 0 Å². The molecule has 2 aromatic heterocycles. The Labute approximate surface area is 166 Å². The highest BCUT2D eigenvalue weighted by molar-refractivity contribution is 5.91. The highest BCUT2D eigenvalue weighted by Gasteiger charge is 2.13. The van der Waals surface area contributed by atoms with Crippen LogP contribution in [0.3, 0.4) is 0 Å². The van der Waals surface area contributed by atoms with E-state index in [-0.39, 0.29) is 12.6 Å². The molecule has 6 heteroatoms. The Bertz CT molecular complexity index is 947. The third-order valence-corrected chi connectivity index (χ3v) is 4.87. The van der Waals surface area contributed by atoms with Crippen molar-refractivity contribution >= 4 is 29.1 Å². The Morgan fingerprint density at radius 1 is 1.25 bits per heavy atom. The van der Waals surface area contributed by atoms with Gasteiger partial charge in [0.2, 0.25) is 0 Å². The first-order valence-corrected chi connectivity index (χ1v) is 9.65. The van der Waals surface area contributed by atoms with Crippen LogP contribution >= 0.6 is 0 Å². The summed E-state index contributed by atoms with van der Waals surface area (Å²) >= 11 is 0. The summed E-state index contributed by atoms with van der Waals surface area (Å²) in [5, 5.41) is 17.2. The van der Waals surface area contributed by atoms with E-state index >= 15 is 0 Å². The number of hydrogen-bond donors (Lipinski definition) is 4. The Hall–Kier alpha value is -2.70. The zero-order valence-corrected chi connectivity index (χ0v) is 16.8. The molecular weight excluding hydrogens is 350 g/mol. The van der Waals surface area contributed by atoms with E-state index in [1.54, 1.807) is 6.20 Å². The molecule has 4 N–H and O–H groups in total. The first kappa shape index (κ1) is 20.0. The summed E-state index contributed by atoms with van der Waals surface area (Å²) in [5.41, 5.74) is 4.93. The molecule has 0 aliphatic heterocycles. The summed E-state index contributed by atoms with van der Waals surface area (Å²) in [4.78, 5) is 11.9. The van der Waals surface area contributed by atoms with Crippen molar-refractivity contribution < 1.29 is 5.11 Å². The fourth-order valence-electron chi connectivity index (χ4n) is 3.51. The van der Waals surface area contributed by atoms with Gasteiger partial charge in [0.05, 0.1) is 6.61 Å². The molecule has 0 amide bonds. The molecular formula is C22H29N5O. The molecule has 0 saturated heterocycles. The SMILES string of the molecule is C=Nc1c(-c2cc3cc(CNC(CO)CC(C)C)ccc3[nH]2)ccnc1NC. The Morgan fingerprint density at radius 3 is 2.75 bits per heavy atom. The maximum atomic E-state index is 9.55. The topological polar surface area (TPSA) is 85.3 Å². The zero-order chi connectivity index (χ0) is 20.1. The Balaban J connectivity index is 1.85. The van der Waals surface area contributed by atoms with Crippen LogP contribution < -0.4 is 10.6 Å². The van der Waals surface area contributed by atoms with Crippen LogP contribution in [0.5, 0.6) is 0 Å². The fourth-order valence-corrected chi connectivity index (χ4v) is 3.51. The number of H-pyrrole nitrogens is 1. The van der Waals surface area contributed by atoms with Crippen LogP contribution in [0.4, 0.5) is 11.5 Å². The molecule has 0 bridgehead atoms. The van der Waals surface area contributed by atoms with Gasteiger partial charge in [-0.1, -0.05) is 19.9 Å². The van der Waals surface area contributed by atoms with E-state index in [0.717, 1.165) is 40.8 Å². The molecule has 3 aromatic rings. The van der Waals surface area contributed by atoms with Crippen molar-refractivity contribution in [1.82, 2.24) is 15.3 Å². The standard InChI is InChI=1S/C22H29N5O/c1-14(2)9-17(13-28)26-12-15-5-6-19-16(10-15)11-20(27-19)18-7-8-25-22(24-4)21(18)23-3/h5-8,10-11,14,17,26-28H,3,9,12-13H2,1-2,4H3,(H,24,25). The van der Waals surface area contributed by atoms with Crippen molar-refractivity contribution in [2.24, 2.45) is 10.9 Å². The van der Waals surface area contributed by atoms with E-state index in [0.29, 0.717) is 11.7 Å². The molecule has 1 aromatic carbocycles. The van der Waals surface area contributed by atoms with Gasteiger partial charge in [0.25, 0.3) is 0 Å². The zero-order valence-electron chi connectivity index (χ0n) is 16.8. The van der Waals surface area contributed by atoms with Gasteiger partial charge < -0.3 is 20.7 Å². The summed E-state index contributed by atoms with van der Waals surface area (Å²) in [6, 6.07) is 10.6. The van der Waals surface area contributed by atoms with Crippen molar-refractivity contribution in [2.45, 2.75) is 32.9 Å². The van der Waals surface area contributed by atoms with Crippen molar-refractivity contribution in [3.63, 3.8) is 0 Å². The largest absolute Gasteiger partial charge is 0.395 e. The van der Waals surface area contributed by atoms with Gasteiger partial charge in [0.15, 0.2) is 5.82 Å². The van der Waals surface area contributed by atoms with Crippen molar-refractivity contribution in [3.8, 4) is 11.3 Å². The highest BCUT2D eigenvalue weighted by atomic mass is 16.3.